The fraction of sp³-hybridized carbons (Fsp3) is 0.0952. The van der Waals surface area contributed by atoms with Crippen LogP contribution in [0.25, 0.3) is 22.6 Å². The summed E-state index contributed by atoms with van der Waals surface area (Å²) < 4.78 is 13.9. The highest BCUT2D eigenvalue weighted by molar-refractivity contribution is 14.1. The summed E-state index contributed by atoms with van der Waals surface area (Å²) in [6, 6.07) is 11.2. The quantitative estimate of drug-likeness (QED) is 0.134. The summed E-state index contributed by atoms with van der Waals surface area (Å²) in [6.07, 6.45) is 6.82. The summed E-state index contributed by atoms with van der Waals surface area (Å²) in [4.78, 5) is 17.2. The second-order valence-corrected chi connectivity index (χ2v) is 9.01. The second-order valence-electron chi connectivity index (χ2n) is 6.60. The number of imidazole rings is 1. The number of hydrazone groups is 1. The monoisotopic (exact) mass is 667 g/mol. The van der Waals surface area contributed by atoms with Crippen molar-refractivity contribution < 1.29 is 14.2 Å². The number of terminal acetylenes is 1. The van der Waals surface area contributed by atoms with Crippen molar-refractivity contribution in [3.8, 4) is 29.6 Å². The molecule has 0 aliphatic heterocycles. The first-order valence-corrected chi connectivity index (χ1v) is 11.5. The zero-order valence-corrected chi connectivity index (χ0v) is 21.1. The highest BCUT2D eigenvalue weighted by Gasteiger charge is 2.20. The first-order chi connectivity index (χ1) is 16.0. The summed E-state index contributed by atoms with van der Waals surface area (Å²) in [5.41, 5.74) is 10.7. The van der Waals surface area contributed by atoms with Crippen LogP contribution in [0.2, 0.25) is 0 Å². The molecule has 1 amide bonds. The number of anilines is 1. The van der Waals surface area contributed by atoms with Crippen LogP contribution in [0, 0.1) is 19.5 Å². The standard InChI is InChI=1S/C21H15I2N7O3/c1-2-7-32-19-12(8-13(22)9-14(19)23)10-25-27-17(31)11-30-16-6-4-3-5-15(16)26-21(30)18-20(24)29-33-28-18/h1,3-6,8-10H,7,11H2,(H2,24,29)(H,27,31). The van der Waals surface area contributed by atoms with Gasteiger partial charge in [-0.3, -0.25) is 4.79 Å². The zero-order valence-electron chi connectivity index (χ0n) is 16.8. The summed E-state index contributed by atoms with van der Waals surface area (Å²) in [7, 11) is 0. The third kappa shape index (κ3) is 5.09. The van der Waals surface area contributed by atoms with E-state index in [0.29, 0.717) is 22.7 Å². The Labute approximate surface area is 215 Å². The molecular formula is C21H15I2N7O3. The number of fused-ring (bicyclic) bond motifs is 1. The third-order valence-electron chi connectivity index (χ3n) is 4.41. The number of carbonyl (C=O) groups is 1. The van der Waals surface area contributed by atoms with Crippen LogP contribution in [0.4, 0.5) is 5.82 Å². The van der Waals surface area contributed by atoms with Crippen molar-refractivity contribution in [3.63, 3.8) is 0 Å². The highest BCUT2D eigenvalue weighted by atomic mass is 127. The third-order valence-corrected chi connectivity index (χ3v) is 5.84. The van der Waals surface area contributed by atoms with Gasteiger partial charge in [0, 0.05) is 9.13 Å². The van der Waals surface area contributed by atoms with Crippen LogP contribution in [-0.4, -0.2) is 38.6 Å². The topological polar surface area (TPSA) is 133 Å². The molecule has 2 aromatic carbocycles. The van der Waals surface area contributed by atoms with Gasteiger partial charge in [-0.05, 0) is 79.8 Å². The summed E-state index contributed by atoms with van der Waals surface area (Å²) in [5.74, 6) is 3.12. The van der Waals surface area contributed by atoms with Gasteiger partial charge in [0.05, 0.1) is 20.8 Å². The SMILES string of the molecule is C#CCOc1c(I)cc(I)cc1C=NNC(=O)Cn1c(-c2nonc2N)nc2ccccc21. The van der Waals surface area contributed by atoms with Crippen molar-refractivity contribution in [1.82, 2.24) is 25.3 Å². The van der Waals surface area contributed by atoms with Gasteiger partial charge in [-0.25, -0.2) is 15.0 Å². The van der Waals surface area contributed by atoms with Gasteiger partial charge < -0.3 is 15.0 Å². The molecule has 0 saturated heterocycles. The minimum Gasteiger partial charge on any atom is -0.479 e. The smallest absolute Gasteiger partial charge is 0.260 e. The van der Waals surface area contributed by atoms with Gasteiger partial charge in [-0.15, -0.1) is 6.42 Å². The van der Waals surface area contributed by atoms with Crippen LogP contribution in [0.3, 0.4) is 0 Å². The van der Waals surface area contributed by atoms with E-state index in [1.165, 1.54) is 6.21 Å². The Balaban J connectivity index is 1.57. The fourth-order valence-electron chi connectivity index (χ4n) is 3.06. The van der Waals surface area contributed by atoms with Crippen LogP contribution in [0.1, 0.15) is 5.56 Å². The van der Waals surface area contributed by atoms with Crippen molar-refractivity contribution >= 4 is 74.2 Å². The zero-order chi connectivity index (χ0) is 23.4. The van der Waals surface area contributed by atoms with Crippen molar-refractivity contribution in [1.29, 1.82) is 0 Å². The largest absolute Gasteiger partial charge is 0.479 e. The number of benzene rings is 2. The minimum atomic E-state index is -0.378. The number of nitrogen functional groups attached to an aromatic ring is 1. The number of nitrogens with zero attached hydrogens (tertiary/aromatic N) is 5. The lowest BCUT2D eigenvalue weighted by molar-refractivity contribution is -0.121. The van der Waals surface area contributed by atoms with Crippen molar-refractivity contribution in [2.45, 2.75) is 6.54 Å². The van der Waals surface area contributed by atoms with Crippen LogP contribution in [0.15, 0.2) is 46.1 Å². The average Bonchev–Trinajstić information content (AvgIpc) is 3.36. The van der Waals surface area contributed by atoms with Gasteiger partial charge >= 0.3 is 0 Å². The molecule has 3 N–H and O–H groups in total. The first-order valence-electron chi connectivity index (χ1n) is 9.38. The van der Waals surface area contributed by atoms with Crippen molar-refractivity contribution in [3.05, 3.63) is 49.1 Å². The Morgan fingerprint density at radius 2 is 2.15 bits per heavy atom. The summed E-state index contributed by atoms with van der Waals surface area (Å²) in [6.45, 7) is 0.0457. The lowest BCUT2D eigenvalue weighted by Crippen LogP contribution is -2.23. The number of halogens is 2. The Kier molecular flexibility index (Phi) is 7.08. The van der Waals surface area contributed by atoms with E-state index in [4.69, 9.17) is 21.5 Å². The highest BCUT2D eigenvalue weighted by Crippen LogP contribution is 2.28. The van der Waals surface area contributed by atoms with Crippen molar-refractivity contribution in [2.24, 2.45) is 5.10 Å². The Bertz CT molecular complexity index is 1400. The number of hydrogen-bond donors (Lipinski definition) is 2. The molecule has 12 heteroatoms. The Morgan fingerprint density at radius 3 is 2.91 bits per heavy atom. The number of aromatic nitrogens is 4. The normalized spacial score (nSPS) is 11.1. The van der Waals surface area contributed by atoms with Gasteiger partial charge in [0.25, 0.3) is 5.91 Å². The maximum Gasteiger partial charge on any atom is 0.260 e. The molecule has 0 saturated carbocycles. The molecule has 166 valence electrons. The minimum absolute atomic E-state index is 0.0796. The molecule has 4 rings (SSSR count). The van der Waals surface area contributed by atoms with Crippen molar-refractivity contribution in [2.75, 3.05) is 12.3 Å². The molecule has 2 aromatic heterocycles. The number of ether oxygens (including phenoxy) is 1. The lowest BCUT2D eigenvalue weighted by Gasteiger charge is -2.10. The first kappa shape index (κ1) is 23.0. The Hall–Kier alpha value is -3.19. The molecule has 0 aliphatic rings. The molecule has 0 spiro atoms. The number of para-hydroxylation sites is 2. The maximum absolute atomic E-state index is 12.7. The molecular weight excluding hydrogens is 652 g/mol. The van der Waals surface area contributed by atoms with Crippen LogP contribution in [0.5, 0.6) is 5.75 Å². The van der Waals surface area contributed by atoms with E-state index in [0.717, 1.165) is 12.7 Å². The van der Waals surface area contributed by atoms with E-state index >= 15 is 0 Å². The Morgan fingerprint density at radius 1 is 1.33 bits per heavy atom. The van der Waals surface area contributed by atoms with Crippen LogP contribution < -0.4 is 15.9 Å². The molecule has 0 radical (unpaired) electrons. The van der Waals surface area contributed by atoms with E-state index in [1.54, 1.807) is 4.57 Å². The van der Waals surface area contributed by atoms with E-state index in [-0.39, 0.29) is 30.6 Å². The number of rotatable bonds is 7. The molecule has 0 atom stereocenters. The van der Waals surface area contributed by atoms with E-state index in [2.05, 4.69) is 76.9 Å². The number of amides is 1. The average molecular weight is 667 g/mol. The molecule has 0 unspecified atom stereocenters. The molecule has 0 aliphatic carbocycles. The van der Waals surface area contributed by atoms with Gasteiger partial charge in [-0.2, -0.15) is 5.10 Å². The van der Waals surface area contributed by atoms with Crippen LogP contribution in [-0.2, 0) is 11.3 Å². The van der Waals surface area contributed by atoms with Gasteiger partial charge in [0.1, 0.15) is 18.9 Å². The maximum atomic E-state index is 12.7. The van der Waals surface area contributed by atoms with Gasteiger partial charge in [0.15, 0.2) is 17.3 Å². The van der Waals surface area contributed by atoms with Crippen LogP contribution >= 0.6 is 45.2 Å². The van der Waals surface area contributed by atoms with Gasteiger partial charge in [0.2, 0.25) is 0 Å². The summed E-state index contributed by atoms with van der Waals surface area (Å²) >= 11 is 4.36. The second kappa shape index (κ2) is 10.2. The molecule has 0 bridgehead atoms. The van der Waals surface area contributed by atoms with E-state index in [9.17, 15) is 4.79 Å². The predicted octanol–water partition coefficient (Wildman–Crippen LogP) is 3.04. The number of nitrogens with one attached hydrogen (secondary N) is 1. The predicted molar refractivity (Wildman–Crippen MR) is 139 cm³/mol. The molecule has 10 nitrogen and oxygen atoms in total. The summed E-state index contributed by atoms with van der Waals surface area (Å²) in [5, 5.41) is 11.5. The molecule has 2 heterocycles. The van der Waals surface area contributed by atoms with E-state index < -0.39 is 0 Å². The van der Waals surface area contributed by atoms with Gasteiger partial charge in [-0.1, -0.05) is 18.1 Å². The molecule has 0 fully saturated rings. The van der Waals surface area contributed by atoms with E-state index in [1.807, 2.05) is 36.4 Å². The fourth-order valence-corrected chi connectivity index (χ4v) is 5.11. The number of carbonyl (C=O) groups excluding carboxylic acids is 1. The number of hydrogen-bond acceptors (Lipinski definition) is 8. The molecule has 4 aromatic rings. The number of nitrogens with two attached hydrogens (primary N) is 1. The molecule has 33 heavy (non-hydrogen) atoms. The lowest BCUT2D eigenvalue weighted by atomic mass is 10.2.